The fourth-order valence-electron chi connectivity index (χ4n) is 5.75. The highest BCUT2D eigenvalue weighted by molar-refractivity contribution is 6.06. The molecule has 0 N–H and O–H groups in total. The average Bonchev–Trinajstić information content (AvgIpc) is 3.10. The maximum absolute atomic E-state index is 13.6. The van der Waals surface area contributed by atoms with Gasteiger partial charge in [-0.05, 0) is 99.2 Å². The number of unbranched alkanes of at least 4 members (excludes halogenated alkanes) is 6. The maximum atomic E-state index is 13.6. The van der Waals surface area contributed by atoms with Crippen LogP contribution in [0.3, 0.4) is 0 Å². The van der Waals surface area contributed by atoms with Gasteiger partial charge in [-0.3, -0.25) is 9.59 Å². The number of hydrogen-bond donors (Lipinski definition) is 0. The lowest BCUT2D eigenvalue weighted by Crippen LogP contribution is -2.31. The first-order valence-electron chi connectivity index (χ1n) is 17.2. The summed E-state index contributed by atoms with van der Waals surface area (Å²) in [4.78, 5) is 40.2. The molecule has 0 aliphatic heterocycles. The highest BCUT2D eigenvalue weighted by Gasteiger charge is 2.21. The van der Waals surface area contributed by atoms with Crippen LogP contribution in [0.25, 0.3) is 11.4 Å². The molecule has 0 aliphatic carbocycles. The molecule has 2 heterocycles. The van der Waals surface area contributed by atoms with Crippen molar-refractivity contribution in [1.29, 1.82) is 0 Å². The van der Waals surface area contributed by atoms with E-state index in [1.165, 1.54) is 62.5 Å². The van der Waals surface area contributed by atoms with E-state index >= 15 is 0 Å². The SMILES string of the molecule is CCCCCCc1ccc(N(CC)C(=O)c2cccc(-c3cccc(C(=O)N(CC)c4ccc(CCCCCC)cc4)n3)n2)cc1. The number of anilines is 2. The number of carbonyl (C=O) groups is 2. The van der Waals surface area contributed by atoms with E-state index in [4.69, 9.17) is 9.97 Å². The second kappa shape index (κ2) is 18.0. The van der Waals surface area contributed by atoms with Crippen molar-refractivity contribution in [3.8, 4) is 11.4 Å². The van der Waals surface area contributed by atoms with Gasteiger partial charge in [0.1, 0.15) is 11.4 Å². The first kappa shape index (κ1) is 34.6. The molecule has 4 rings (SSSR count). The third-order valence-corrected chi connectivity index (χ3v) is 8.46. The summed E-state index contributed by atoms with van der Waals surface area (Å²) in [5.41, 5.74) is 6.07. The van der Waals surface area contributed by atoms with Gasteiger partial charge < -0.3 is 9.80 Å². The largest absolute Gasteiger partial charge is 0.307 e. The van der Waals surface area contributed by atoms with Crippen LogP contribution in [0, 0.1) is 0 Å². The number of aromatic nitrogens is 2. The summed E-state index contributed by atoms with van der Waals surface area (Å²) >= 11 is 0. The Labute approximate surface area is 275 Å². The summed E-state index contributed by atoms with van der Waals surface area (Å²) in [6.45, 7) is 9.43. The number of hydrogen-bond acceptors (Lipinski definition) is 4. The molecule has 0 saturated carbocycles. The van der Waals surface area contributed by atoms with E-state index in [1.54, 1.807) is 21.9 Å². The molecule has 2 aromatic carbocycles. The predicted octanol–water partition coefficient (Wildman–Crippen LogP) is 9.72. The molecule has 0 atom stereocenters. The van der Waals surface area contributed by atoms with Gasteiger partial charge in [0, 0.05) is 24.5 Å². The summed E-state index contributed by atoms with van der Waals surface area (Å²) in [7, 11) is 0. The standard InChI is InChI=1S/C40H50N4O2/c1-5-9-11-13-17-31-23-27-33(28-24-31)43(7-3)39(45)37-21-15-19-35(41-37)36-20-16-22-38(42-36)40(46)44(8-4)34-29-25-32(26-30-34)18-14-12-10-6-2/h15-16,19-30H,5-14,17-18H2,1-4H3. The van der Waals surface area contributed by atoms with E-state index in [9.17, 15) is 9.59 Å². The van der Waals surface area contributed by atoms with Gasteiger partial charge in [-0.25, -0.2) is 9.97 Å². The van der Waals surface area contributed by atoms with Gasteiger partial charge in [0.25, 0.3) is 11.8 Å². The monoisotopic (exact) mass is 618 g/mol. The first-order valence-corrected chi connectivity index (χ1v) is 17.2. The van der Waals surface area contributed by atoms with E-state index in [-0.39, 0.29) is 11.8 Å². The Kier molecular flexibility index (Phi) is 13.5. The van der Waals surface area contributed by atoms with Gasteiger partial charge in [-0.15, -0.1) is 0 Å². The Morgan fingerprint density at radius 3 is 1.24 bits per heavy atom. The number of aryl methyl sites for hydroxylation is 2. The van der Waals surface area contributed by atoms with Crippen molar-refractivity contribution in [1.82, 2.24) is 9.97 Å². The minimum atomic E-state index is -0.168. The Hall–Kier alpha value is -4.32. The minimum Gasteiger partial charge on any atom is -0.307 e. The second-order valence-electron chi connectivity index (χ2n) is 11.9. The molecule has 0 bridgehead atoms. The maximum Gasteiger partial charge on any atom is 0.276 e. The van der Waals surface area contributed by atoms with E-state index in [1.807, 2.05) is 62.4 Å². The average molecular weight is 619 g/mol. The molecule has 0 radical (unpaired) electrons. The fourth-order valence-corrected chi connectivity index (χ4v) is 5.75. The molecular formula is C40H50N4O2. The Morgan fingerprint density at radius 1 is 0.500 bits per heavy atom. The minimum absolute atomic E-state index is 0.168. The van der Waals surface area contributed by atoms with Gasteiger partial charge in [0.05, 0.1) is 11.4 Å². The van der Waals surface area contributed by atoms with Gasteiger partial charge in [-0.1, -0.05) is 88.8 Å². The van der Waals surface area contributed by atoms with Crippen molar-refractivity contribution in [2.75, 3.05) is 22.9 Å². The van der Waals surface area contributed by atoms with Crippen molar-refractivity contribution >= 4 is 23.2 Å². The molecule has 0 unspecified atom stereocenters. The van der Waals surface area contributed by atoms with E-state index in [0.29, 0.717) is 35.9 Å². The van der Waals surface area contributed by atoms with Gasteiger partial charge in [0.2, 0.25) is 0 Å². The summed E-state index contributed by atoms with van der Waals surface area (Å²) in [5, 5.41) is 0. The zero-order valence-corrected chi connectivity index (χ0v) is 28.2. The lowest BCUT2D eigenvalue weighted by atomic mass is 10.1. The second-order valence-corrected chi connectivity index (χ2v) is 11.9. The van der Waals surface area contributed by atoms with Gasteiger partial charge in [-0.2, -0.15) is 0 Å². The molecule has 0 aliphatic rings. The zero-order chi connectivity index (χ0) is 32.7. The van der Waals surface area contributed by atoms with Gasteiger partial charge in [0.15, 0.2) is 0 Å². The van der Waals surface area contributed by atoms with E-state index < -0.39 is 0 Å². The molecule has 0 fully saturated rings. The first-order chi connectivity index (χ1) is 22.5. The van der Waals surface area contributed by atoms with Crippen molar-refractivity contribution in [2.24, 2.45) is 0 Å². The summed E-state index contributed by atoms with van der Waals surface area (Å²) in [5.74, 6) is -0.337. The third-order valence-electron chi connectivity index (χ3n) is 8.46. The number of nitrogens with zero attached hydrogens (tertiary/aromatic N) is 4. The molecule has 2 amide bonds. The van der Waals surface area contributed by atoms with E-state index in [2.05, 4.69) is 38.1 Å². The van der Waals surface area contributed by atoms with Crippen LogP contribution < -0.4 is 9.80 Å². The third kappa shape index (κ3) is 9.35. The molecule has 0 saturated heterocycles. The molecular weight excluding hydrogens is 568 g/mol. The Bertz CT molecular complexity index is 1410. The van der Waals surface area contributed by atoms with Crippen LogP contribution in [0.5, 0.6) is 0 Å². The van der Waals surface area contributed by atoms with Crippen molar-refractivity contribution in [2.45, 2.75) is 91.9 Å². The highest BCUT2D eigenvalue weighted by Crippen LogP contribution is 2.23. The van der Waals surface area contributed by atoms with Crippen LogP contribution in [0.15, 0.2) is 84.9 Å². The predicted molar refractivity (Wildman–Crippen MR) is 191 cm³/mol. The number of carbonyl (C=O) groups excluding carboxylic acids is 2. The zero-order valence-electron chi connectivity index (χ0n) is 28.2. The fraction of sp³-hybridized carbons (Fsp3) is 0.400. The van der Waals surface area contributed by atoms with Crippen molar-refractivity contribution in [3.63, 3.8) is 0 Å². The quantitative estimate of drug-likeness (QED) is 0.111. The molecule has 242 valence electrons. The molecule has 46 heavy (non-hydrogen) atoms. The lowest BCUT2D eigenvalue weighted by molar-refractivity contribution is 0.0975. The summed E-state index contributed by atoms with van der Waals surface area (Å²) < 4.78 is 0. The van der Waals surface area contributed by atoms with Crippen LogP contribution >= 0.6 is 0 Å². The van der Waals surface area contributed by atoms with Crippen LogP contribution in [0.1, 0.15) is 111 Å². The Balaban J connectivity index is 1.47. The number of rotatable bonds is 17. The van der Waals surface area contributed by atoms with Crippen LogP contribution in [0.4, 0.5) is 11.4 Å². The summed E-state index contributed by atoms with van der Waals surface area (Å²) in [6, 6.07) is 27.3. The van der Waals surface area contributed by atoms with Gasteiger partial charge >= 0.3 is 0 Å². The van der Waals surface area contributed by atoms with Crippen molar-refractivity contribution in [3.05, 3.63) is 107 Å². The lowest BCUT2D eigenvalue weighted by Gasteiger charge is -2.22. The van der Waals surface area contributed by atoms with E-state index in [0.717, 1.165) is 24.2 Å². The molecule has 2 aromatic heterocycles. The number of amides is 2. The van der Waals surface area contributed by atoms with Crippen LogP contribution in [0.2, 0.25) is 0 Å². The number of pyridine rings is 2. The van der Waals surface area contributed by atoms with Crippen molar-refractivity contribution < 1.29 is 9.59 Å². The smallest absolute Gasteiger partial charge is 0.276 e. The molecule has 6 nitrogen and oxygen atoms in total. The number of benzene rings is 2. The molecule has 6 heteroatoms. The normalized spacial score (nSPS) is 11.0. The van der Waals surface area contributed by atoms with Crippen LogP contribution in [-0.2, 0) is 12.8 Å². The van der Waals surface area contributed by atoms with Crippen LogP contribution in [-0.4, -0.2) is 34.9 Å². The molecule has 4 aromatic rings. The topological polar surface area (TPSA) is 66.4 Å². The highest BCUT2D eigenvalue weighted by atomic mass is 16.2. The Morgan fingerprint density at radius 2 is 0.891 bits per heavy atom. The summed E-state index contributed by atoms with van der Waals surface area (Å²) in [6.07, 6.45) is 12.0. The molecule has 0 spiro atoms.